The smallest absolute Gasteiger partial charge is 0.269 e. The van der Waals surface area contributed by atoms with Crippen molar-refractivity contribution in [2.45, 2.75) is 12.8 Å². The molecule has 0 radical (unpaired) electrons. The number of benzene rings is 1. The number of nitrogens with two attached hydrogens (primary N) is 1. The summed E-state index contributed by atoms with van der Waals surface area (Å²) in [7, 11) is 0. The molecule has 0 saturated heterocycles. The van der Waals surface area contributed by atoms with E-state index in [9.17, 15) is 10.1 Å². The third-order valence-electron chi connectivity index (χ3n) is 2.99. The Hall–Kier alpha value is -3.08. The number of nitriles is 1. The van der Waals surface area contributed by atoms with E-state index in [1.807, 2.05) is 6.07 Å². The number of nitrogens with one attached hydrogen (secondary N) is 2. The first-order valence-electron chi connectivity index (χ1n) is 6.33. The molecule has 0 bridgehead atoms. The van der Waals surface area contributed by atoms with Gasteiger partial charge < -0.3 is 11.1 Å². The van der Waals surface area contributed by atoms with Gasteiger partial charge in [0.2, 0.25) is 0 Å². The largest absolute Gasteiger partial charge is 0.385 e. The molecule has 8 heteroatoms. The highest BCUT2D eigenvalue weighted by atomic mass is 16.6. The Morgan fingerprint density at radius 1 is 1.43 bits per heavy atom. The van der Waals surface area contributed by atoms with E-state index in [1.54, 1.807) is 12.1 Å². The van der Waals surface area contributed by atoms with Crippen molar-refractivity contribution in [3.8, 4) is 6.07 Å². The lowest BCUT2D eigenvalue weighted by atomic mass is 10.1. The molecule has 0 aliphatic rings. The van der Waals surface area contributed by atoms with Crippen molar-refractivity contribution in [3.05, 3.63) is 45.6 Å². The first-order chi connectivity index (χ1) is 10.1. The van der Waals surface area contributed by atoms with Crippen molar-refractivity contribution >= 4 is 17.2 Å². The third kappa shape index (κ3) is 3.48. The Bertz CT molecular complexity index is 671. The maximum absolute atomic E-state index is 10.5. The highest BCUT2D eigenvalue weighted by molar-refractivity contribution is 5.51. The van der Waals surface area contributed by atoms with E-state index < -0.39 is 4.92 Å². The van der Waals surface area contributed by atoms with Crippen molar-refractivity contribution in [2.75, 3.05) is 17.6 Å². The fourth-order valence-electron chi connectivity index (χ4n) is 1.90. The van der Waals surface area contributed by atoms with E-state index in [2.05, 4.69) is 15.5 Å². The Morgan fingerprint density at radius 3 is 2.76 bits per heavy atom. The fraction of sp³-hybridized carbons (Fsp3) is 0.231. The number of anilines is 2. The van der Waals surface area contributed by atoms with E-state index in [4.69, 9.17) is 11.0 Å². The molecule has 0 unspecified atom stereocenters. The van der Waals surface area contributed by atoms with Crippen LogP contribution in [0.1, 0.15) is 17.7 Å². The fourth-order valence-corrected chi connectivity index (χ4v) is 1.90. The number of hydrogen-bond donors (Lipinski definition) is 3. The van der Waals surface area contributed by atoms with Gasteiger partial charge in [0.25, 0.3) is 5.69 Å². The second kappa shape index (κ2) is 6.38. The standard InChI is InChI=1S/C13H14N6O2/c14-8-11-12(17-18-13(11)15)2-1-7-16-9-3-5-10(6-4-9)19(20)21/h3-6,16H,1-2,7H2,(H3,15,17,18). The minimum Gasteiger partial charge on any atom is -0.385 e. The Morgan fingerprint density at radius 2 is 2.14 bits per heavy atom. The van der Waals surface area contributed by atoms with Gasteiger partial charge in [0, 0.05) is 24.4 Å². The topological polar surface area (TPSA) is 134 Å². The Labute approximate surface area is 120 Å². The van der Waals surface area contributed by atoms with Gasteiger partial charge in [-0.2, -0.15) is 10.4 Å². The quantitative estimate of drug-likeness (QED) is 0.421. The van der Waals surface area contributed by atoms with Crippen molar-refractivity contribution < 1.29 is 4.92 Å². The number of H-pyrrole nitrogens is 1. The zero-order valence-corrected chi connectivity index (χ0v) is 11.2. The molecule has 8 nitrogen and oxygen atoms in total. The van der Waals surface area contributed by atoms with Crippen molar-refractivity contribution in [3.63, 3.8) is 0 Å². The first kappa shape index (κ1) is 14.3. The zero-order chi connectivity index (χ0) is 15.2. The second-order valence-corrected chi connectivity index (χ2v) is 4.41. The zero-order valence-electron chi connectivity index (χ0n) is 11.2. The minimum atomic E-state index is -0.435. The van der Waals surface area contributed by atoms with Crippen LogP contribution in [-0.2, 0) is 6.42 Å². The number of aromatic nitrogens is 2. The summed E-state index contributed by atoms with van der Waals surface area (Å²) in [5, 5.41) is 29.2. The minimum absolute atomic E-state index is 0.0622. The van der Waals surface area contributed by atoms with Gasteiger partial charge in [-0.05, 0) is 25.0 Å². The molecule has 0 aliphatic heterocycles. The van der Waals surface area contributed by atoms with Crippen LogP contribution in [0.3, 0.4) is 0 Å². The average molecular weight is 286 g/mol. The number of non-ortho nitro benzene ring substituents is 1. The van der Waals surface area contributed by atoms with E-state index in [1.165, 1.54) is 12.1 Å². The molecule has 1 aromatic carbocycles. The van der Waals surface area contributed by atoms with Crippen LogP contribution in [0, 0.1) is 21.4 Å². The molecule has 2 rings (SSSR count). The maximum Gasteiger partial charge on any atom is 0.269 e. The molecule has 0 aliphatic carbocycles. The molecular weight excluding hydrogens is 272 g/mol. The number of aryl methyl sites for hydroxylation is 1. The molecule has 108 valence electrons. The van der Waals surface area contributed by atoms with Gasteiger partial charge in [-0.1, -0.05) is 0 Å². The number of hydrogen-bond acceptors (Lipinski definition) is 6. The maximum atomic E-state index is 10.5. The van der Waals surface area contributed by atoms with Crippen LogP contribution in [0.5, 0.6) is 0 Å². The predicted octanol–water partition coefficient (Wildman–Crippen LogP) is 1.82. The molecule has 0 fully saturated rings. The van der Waals surface area contributed by atoms with E-state index in [-0.39, 0.29) is 11.5 Å². The number of nitro benzene ring substituents is 1. The molecule has 1 heterocycles. The highest BCUT2D eigenvalue weighted by Gasteiger charge is 2.09. The monoisotopic (exact) mass is 286 g/mol. The molecule has 21 heavy (non-hydrogen) atoms. The summed E-state index contributed by atoms with van der Waals surface area (Å²) in [5.41, 5.74) is 7.54. The molecule has 0 saturated carbocycles. The van der Waals surface area contributed by atoms with Crippen LogP contribution >= 0.6 is 0 Å². The number of nitro groups is 1. The summed E-state index contributed by atoms with van der Waals surface area (Å²) in [6, 6.07) is 8.24. The van der Waals surface area contributed by atoms with Crippen molar-refractivity contribution in [2.24, 2.45) is 0 Å². The van der Waals surface area contributed by atoms with Crippen molar-refractivity contribution in [1.82, 2.24) is 10.2 Å². The highest BCUT2D eigenvalue weighted by Crippen LogP contribution is 2.16. The SMILES string of the molecule is N#Cc1c(N)n[nH]c1CCCNc1ccc([N+](=O)[O-])cc1. The van der Waals surface area contributed by atoms with Crippen LogP contribution in [0.2, 0.25) is 0 Å². The van der Waals surface area contributed by atoms with Gasteiger partial charge in [-0.25, -0.2) is 0 Å². The Balaban J connectivity index is 1.82. The summed E-state index contributed by atoms with van der Waals surface area (Å²) in [4.78, 5) is 10.1. The van der Waals surface area contributed by atoms with Crippen LogP contribution < -0.4 is 11.1 Å². The summed E-state index contributed by atoms with van der Waals surface area (Å²) in [5.74, 6) is 0.218. The lowest BCUT2D eigenvalue weighted by Crippen LogP contribution is -2.04. The van der Waals surface area contributed by atoms with Crippen LogP contribution in [0.15, 0.2) is 24.3 Å². The first-order valence-corrected chi connectivity index (χ1v) is 6.33. The molecule has 2 aromatic rings. The summed E-state index contributed by atoms with van der Waals surface area (Å²) in [6.45, 7) is 0.668. The van der Waals surface area contributed by atoms with E-state index in [0.29, 0.717) is 18.5 Å². The summed E-state index contributed by atoms with van der Waals surface area (Å²) < 4.78 is 0. The number of rotatable bonds is 6. The van der Waals surface area contributed by atoms with Gasteiger partial charge in [0.15, 0.2) is 5.82 Å². The Kier molecular flexibility index (Phi) is 4.36. The summed E-state index contributed by atoms with van der Waals surface area (Å²) in [6.07, 6.45) is 1.42. The molecule has 0 amide bonds. The van der Waals surface area contributed by atoms with E-state index >= 15 is 0 Å². The molecule has 0 spiro atoms. The third-order valence-corrected chi connectivity index (χ3v) is 2.99. The summed E-state index contributed by atoms with van der Waals surface area (Å²) >= 11 is 0. The van der Waals surface area contributed by atoms with Gasteiger partial charge in [0.1, 0.15) is 11.6 Å². The molecular formula is C13H14N6O2. The van der Waals surface area contributed by atoms with Gasteiger partial charge >= 0.3 is 0 Å². The van der Waals surface area contributed by atoms with Gasteiger partial charge in [0.05, 0.1) is 10.6 Å². The van der Waals surface area contributed by atoms with Crippen LogP contribution in [0.25, 0.3) is 0 Å². The van der Waals surface area contributed by atoms with Crippen molar-refractivity contribution in [1.29, 1.82) is 5.26 Å². The second-order valence-electron chi connectivity index (χ2n) is 4.41. The van der Waals surface area contributed by atoms with Gasteiger partial charge in [-0.15, -0.1) is 0 Å². The predicted molar refractivity (Wildman–Crippen MR) is 77.6 cm³/mol. The lowest BCUT2D eigenvalue weighted by Gasteiger charge is -2.05. The molecule has 4 N–H and O–H groups in total. The molecule has 1 aromatic heterocycles. The van der Waals surface area contributed by atoms with Crippen LogP contribution in [-0.4, -0.2) is 21.7 Å². The van der Waals surface area contributed by atoms with Crippen LogP contribution in [0.4, 0.5) is 17.2 Å². The average Bonchev–Trinajstić information content (AvgIpc) is 2.84. The molecule has 0 atom stereocenters. The normalized spacial score (nSPS) is 10.0. The lowest BCUT2D eigenvalue weighted by molar-refractivity contribution is -0.384. The number of nitrogens with zero attached hydrogens (tertiary/aromatic N) is 3. The van der Waals surface area contributed by atoms with Gasteiger partial charge in [-0.3, -0.25) is 15.2 Å². The van der Waals surface area contributed by atoms with E-state index in [0.717, 1.165) is 17.8 Å². The number of aromatic amines is 1. The number of nitrogen functional groups attached to an aromatic ring is 1.